The van der Waals surface area contributed by atoms with Crippen LogP contribution in [0.3, 0.4) is 0 Å². The summed E-state index contributed by atoms with van der Waals surface area (Å²) in [5.74, 6) is 1.41. The summed E-state index contributed by atoms with van der Waals surface area (Å²) in [5, 5.41) is 3.17. The molecule has 1 aliphatic carbocycles. The minimum Gasteiger partial charge on any atom is -0.354 e. The van der Waals surface area contributed by atoms with Crippen molar-refractivity contribution in [1.29, 1.82) is 0 Å². The molecule has 144 valence electrons. The van der Waals surface area contributed by atoms with Gasteiger partial charge in [0.2, 0.25) is 0 Å². The second-order valence-electron chi connectivity index (χ2n) is 6.60. The number of hydrogen-bond donors (Lipinski definition) is 1. The summed E-state index contributed by atoms with van der Waals surface area (Å²) in [5.41, 5.74) is 9.21. The van der Waals surface area contributed by atoms with Gasteiger partial charge in [0.15, 0.2) is 0 Å². The molecule has 27 heavy (non-hydrogen) atoms. The van der Waals surface area contributed by atoms with E-state index < -0.39 is 0 Å². The van der Waals surface area contributed by atoms with Crippen molar-refractivity contribution in [3.8, 4) is 10.6 Å². The molecule has 0 amide bonds. The number of nitrogens with zero attached hydrogens (tertiary/aromatic N) is 4. The first kappa shape index (κ1) is 21.6. The van der Waals surface area contributed by atoms with E-state index in [1.165, 1.54) is 0 Å². The van der Waals surface area contributed by atoms with Crippen LogP contribution in [0.4, 0.5) is 5.82 Å². The molecule has 0 atom stereocenters. The van der Waals surface area contributed by atoms with Gasteiger partial charge in [-0.2, -0.15) is 0 Å². The Kier molecular flexibility index (Phi) is 7.56. The average Bonchev–Trinajstić information content (AvgIpc) is 3.08. The molecule has 1 saturated carbocycles. The molecular formula is C19H23Cl2N5S. The highest BCUT2D eigenvalue weighted by Gasteiger charge is 2.28. The zero-order valence-electron chi connectivity index (χ0n) is 15.0. The molecule has 0 radical (unpaired) electrons. The van der Waals surface area contributed by atoms with Gasteiger partial charge in [-0.05, 0) is 12.8 Å². The Labute approximate surface area is 175 Å². The fraction of sp³-hybridized carbons (Fsp3) is 0.316. The third-order valence-electron chi connectivity index (χ3n) is 4.63. The van der Waals surface area contributed by atoms with Gasteiger partial charge < -0.3 is 10.6 Å². The smallest absolute Gasteiger partial charge is 0.132 e. The number of benzene rings is 1. The molecule has 0 aliphatic heterocycles. The van der Waals surface area contributed by atoms with Crippen LogP contribution in [0, 0.1) is 0 Å². The molecule has 0 spiro atoms. The first-order chi connectivity index (χ1) is 12.2. The molecule has 5 nitrogen and oxygen atoms in total. The highest BCUT2D eigenvalue weighted by molar-refractivity contribution is 7.13. The van der Waals surface area contributed by atoms with Gasteiger partial charge in [-0.3, -0.25) is 0 Å². The van der Waals surface area contributed by atoms with Gasteiger partial charge in [0.05, 0.1) is 12.2 Å². The Morgan fingerprint density at radius 1 is 1.15 bits per heavy atom. The van der Waals surface area contributed by atoms with Crippen molar-refractivity contribution in [3.63, 3.8) is 0 Å². The minimum absolute atomic E-state index is 0. The van der Waals surface area contributed by atoms with Crippen molar-refractivity contribution in [2.75, 3.05) is 11.9 Å². The molecule has 2 N–H and O–H groups in total. The van der Waals surface area contributed by atoms with Crippen molar-refractivity contribution in [3.05, 3.63) is 59.5 Å². The van der Waals surface area contributed by atoms with E-state index >= 15 is 0 Å². The fourth-order valence-electron chi connectivity index (χ4n) is 3.11. The lowest BCUT2D eigenvalue weighted by molar-refractivity contribution is 0.345. The van der Waals surface area contributed by atoms with Crippen LogP contribution in [0.25, 0.3) is 10.6 Å². The van der Waals surface area contributed by atoms with E-state index in [9.17, 15) is 0 Å². The number of nitrogens with two attached hydrogens (primary N) is 1. The van der Waals surface area contributed by atoms with Gasteiger partial charge in [-0.25, -0.2) is 15.0 Å². The quantitative estimate of drug-likeness (QED) is 0.662. The molecule has 8 heteroatoms. The van der Waals surface area contributed by atoms with E-state index in [4.69, 9.17) is 10.7 Å². The Bertz CT molecular complexity index is 852. The predicted molar refractivity (Wildman–Crippen MR) is 116 cm³/mol. The van der Waals surface area contributed by atoms with Crippen molar-refractivity contribution in [2.45, 2.75) is 31.3 Å². The second-order valence-corrected chi connectivity index (χ2v) is 7.45. The third kappa shape index (κ3) is 4.96. The summed E-state index contributed by atoms with van der Waals surface area (Å²) in [6.45, 7) is 0.726. The molecule has 1 fully saturated rings. The van der Waals surface area contributed by atoms with Crippen molar-refractivity contribution in [1.82, 2.24) is 15.0 Å². The van der Waals surface area contributed by atoms with Crippen LogP contribution in [0.5, 0.6) is 0 Å². The van der Waals surface area contributed by atoms with Crippen LogP contribution in [-0.2, 0) is 6.54 Å². The Morgan fingerprint density at radius 3 is 2.59 bits per heavy atom. The standard InChI is InChI=1S/C19H21N5S.2ClH/c1-24(18-9-17(21-12-22-18)14-7-15(20)8-14)10-16-11-25-19(23-16)13-5-3-2-4-6-13;;/h2-6,9,11-12,14-15H,7-8,10,20H2,1H3;2*1H. The fourth-order valence-corrected chi connectivity index (χ4v) is 3.93. The molecule has 2 aromatic heterocycles. The molecule has 3 aromatic rings. The lowest BCUT2D eigenvalue weighted by Gasteiger charge is -2.32. The van der Waals surface area contributed by atoms with E-state index in [1.54, 1.807) is 17.7 Å². The van der Waals surface area contributed by atoms with Gasteiger partial charge in [0, 0.05) is 41.7 Å². The molecule has 1 aromatic carbocycles. The molecular weight excluding hydrogens is 401 g/mol. The topological polar surface area (TPSA) is 67.9 Å². The second kappa shape index (κ2) is 9.46. The number of anilines is 1. The number of hydrogen-bond acceptors (Lipinski definition) is 6. The third-order valence-corrected chi connectivity index (χ3v) is 5.57. The molecule has 1 aliphatic rings. The minimum atomic E-state index is 0. The SMILES string of the molecule is CN(Cc1csc(-c2ccccc2)n1)c1cc(C2CC(N)C2)ncn1.Cl.Cl. The summed E-state index contributed by atoms with van der Waals surface area (Å²) in [6.07, 6.45) is 3.70. The van der Waals surface area contributed by atoms with Crippen LogP contribution >= 0.6 is 36.2 Å². The normalized spacial score (nSPS) is 18.0. The van der Waals surface area contributed by atoms with E-state index in [1.807, 2.05) is 25.2 Å². The van der Waals surface area contributed by atoms with Crippen LogP contribution in [0.1, 0.15) is 30.1 Å². The van der Waals surface area contributed by atoms with Crippen LogP contribution in [0.15, 0.2) is 48.1 Å². The predicted octanol–water partition coefficient (Wildman–Crippen LogP) is 4.28. The average molecular weight is 424 g/mol. The van der Waals surface area contributed by atoms with Crippen molar-refractivity contribution >= 4 is 42.0 Å². The maximum Gasteiger partial charge on any atom is 0.132 e. The number of halogens is 2. The van der Waals surface area contributed by atoms with Gasteiger partial charge in [0.1, 0.15) is 17.2 Å². The first-order valence-electron chi connectivity index (χ1n) is 8.47. The van der Waals surface area contributed by atoms with E-state index in [0.29, 0.717) is 12.0 Å². The lowest BCUT2D eigenvalue weighted by Crippen LogP contribution is -2.35. The van der Waals surface area contributed by atoms with E-state index in [-0.39, 0.29) is 24.8 Å². The highest BCUT2D eigenvalue weighted by atomic mass is 35.5. The number of aromatic nitrogens is 3. The summed E-state index contributed by atoms with van der Waals surface area (Å²) in [7, 11) is 2.04. The molecule has 0 saturated heterocycles. The van der Waals surface area contributed by atoms with Crippen molar-refractivity contribution < 1.29 is 0 Å². The van der Waals surface area contributed by atoms with E-state index in [2.05, 4.69) is 38.4 Å². The van der Waals surface area contributed by atoms with Crippen LogP contribution in [0.2, 0.25) is 0 Å². The largest absolute Gasteiger partial charge is 0.354 e. The van der Waals surface area contributed by atoms with Crippen molar-refractivity contribution in [2.24, 2.45) is 5.73 Å². The lowest BCUT2D eigenvalue weighted by atomic mass is 9.78. The van der Waals surface area contributed by atoms with Crippen LogP contribution in [-0.4, -0.2) is 28.0 Å². The Balaban J connectivity index is 0.00000131. The number of thiazole rings is 1. The summed E-state index contributed by atoms with van der Waals surface area (Å²) in [6, 6.07) is 12.7. The van der Waals surface area contributed by atoms with Gasteiger partial charge >= 0.3 is 0 Å². The summed E-state index contributed by atoms with van der Waals surface area (Å²) >= 11 is 1.68. The molecule has 0 unspecified atom stereocenters. The maximum absolute atomic E-state index is 5.90. The molecule has 4 rings (SSSR count). The monoisotopic (exact) mass is 423 g/mol. The Hall–Kier alpha value is -1.73. The number of rotatable bonds is 5. The first-order valence-corrected chi connectivity index (χ1v) is 9.35. The zero-order chi connectivity index (χ0) is 17.2. The Morgan fingerprint density at radius 2 is 1.89 bits per heavy atom. The highest BCUT2D eigenvalue weighted by Crippen LogP contribution is 2.35. The maximum atomic E-state index is 5.90. The summed E-state index contributed by atoms with van der Waals surface area (Å²) < 4.78 is 0. The zero-order valence-corrected chi connectivity index (χ0v) is 17.4. The molecule has 2 heterocycles. The molecule has 0 bridgehead atoms. The summed E-state index contributed by atoms with van der Waals surface area (Å²) in [4.78, 5) is 15.7. The van der Waals surface area contributed by atoms with Gasteiger partial charge in [-0.1, -0.05) is 30.3 Å². The van der Waals surface area contributed by atoms with E-state index in [0.717, 1.165) is 47.2 Å². The van der Waals surface area contributed by atoms with Gasteiger partial charge in [-0.15, -0.1) is 36.2 Å². The van der Waals surface area contributed by atoms with Crippen LogP contribution < -0.4 is 10.6 Å². The van der Waals surface area contributed by atoms with Gasteiger partial charge in [0.25, 0.3) is 0 Å².